The number of anilines is 1. The van der Waals surface area contributed by atoms with Crippen LogP contribution in [0.3, 0.4) is 0 Å². The third-order valence-electron chi connectivity index (χ3n) is 4.28. The van der Waals surface area contributed by atoms with Crippen LogP contribution in [0, 0.1) is 0 Å². The smallest absolute Gasteiger partial charge is 0.186 e. The summed E-state index contributed by atoms with van der Waals surface area (Å²) in [6.07, 6.45) is 9.07. The highest BCUT2D eigenvalue weighted by atomic mass is 32.1. The predicted octanol–water partition coefficient (Wildman–Crippen LogP) is 3.51. The van der Waals surface area contributed by atoms with Crippen LogP contribution in [-0.2, 0) is 6.42 Å². The van der Waals surface area contributed by atoms with Gasteiger partial charge in [0.25, 0.3) is 0 Å². The van der Waals surface area contributed by atoms with Gasteiger partial charge in [0.05, 0.1) is 11.7 Å². The Balaban J connectivity index is 1.81. The second-order valence-corrected chi connectivity index (χ2v) is 6.88. The minimum Gasteiger partial charge on any atom is -0.345 e. The zero-order valence-electron chi connectivity index (χ0n) is 12.1. The van der Waals surface area contributed by atoms with Crippen molar-refractivity contribution in [1.29, 1.82) is 0 Å². The van der Waals surface area contributed by atoms with Crippen LogP contribution in [0.25, 0.3) is 0 Å². The van der Waals surface area contributed by atoms with Crippen LogP contribution in [0.4, 0.5) is 5.13 Å². The maximum Gasteiger partial charge on any atom is 0.186 e. The molecular formula is C15H25N3S. The number of thiazole rings is 1. The van der Waals surface area contributed by atoms with Crippen molar-refractivity contribution in [2.75, 3.05) is 18.5 Å². The van der Waals surface area contributed by atoms with Crippen molar-refractivity contribution in [3.05, 3.63) is 10.6 Å². The lowest BCUT2D eigenvalue weighted by Gasteiger charge is -2.21. The second kappa shape index (κ2) is 5.80. The first-order chi connectivity index (χ1) is 9.33. The van der Waals surface area contributed by atoms with Gasteiger partial charge >= 0.3 is 0 Å². The Morgan fingerprint density at radius 3 is 2.89 bits per heavy atom. The Bertz CT molecular complexity index is 425. The zero-order chi connectivity index (χ0) is 13.2. The lowest BCUT2D eigenvalue weighted by atomic mass is 9.98. The average Bonchev–Trinajstić information content (AvgIpc) is 3.17. The summed E-state index contributed by atoms with van der Waals surface area (Å²) in [6.45, 7) is 3.47. The summed E-state index contributed by atoms with van der Waals surface area (Å²) in [4.78, 5) is 9.11. The fourth-order valence-electron chi connectivity index (χ4n) is 2.96. The predicted molar refractivity (Wildman–Crippen MR) is 82.1 cm³/mol. The van der Waals surface area contributed by atoms with E-state index in [0.29, 0.717) is 6.04 Å². The van der Waals surface area contributed by atoms with Crippen LogP contribution in [-0.4, -0.2) is 24.6 Å². The van der Waals surface area contributed by atoms with E-state index in [1.807, 2.05) is 11.3 Å². The molecule has 2 aliphatic rings. The van der Waals surface area contributed by atoms with Gasteiger partial charge in [0.15, 0.2) is 5.13 Å². The normalized spacial score (nSPS) is 22.3. The van der Waals surface area contributed by atoms with E-state index >= 15 is 0 Å². The number of aryl methyl sites for hydroxylation is 1. The number of aromatic nitrogens is 1. The van der Waals surface area contributed by atoms with E-state index in [0.717, 1.165) is 6.04 Å². The molecule has 1 N–H and O–H groups in total. The molecule has 106 valence electrons. The van der Waals surface area contributed by atoms with Crippen molar-refractivity contribution in [3.8, 4) is 0 Å². The van der Waals surface area contributed by atoms with E-state index in [2.05, 4.69) is 24.2 Å². The highest BCUT2D eigenvalue weighted by Gasteiger charge is 2.32. The van der Waals surface area contributed by atoms with Crippen molar-refractivity contribution < 1.29 is 0 Å². The topological polar surface area (TPSA) is 28.2 Å². The highest BCUT2D eigenvalue weighted by molar-refractivity contribution is 7.15. The van der Waals surface area contributed by atoms with E-state index in [4.69, 9.17) is 4.98 Å². The molecule has 0 bridgehead atoms. The van der Waals surface area contributed by atoms with Crippen LogP contribution >= 0.6 is 11.3 Å². The molecule has 2 aliphatic carbocycles. The highest BCUT2D eigenvalue weighted by Crippen LogP contribution is 2.40. The Labute approximate surface area is 120 Å². The van der Waals surface area contributed by atoms with Gasteiger partial charge in [0.2, 0.25) is 0 Å². The molecular weight excluding hydrogens is 254 g/mol. The third-order valence-corrected chi connectivity index (χ3v) is 5.45. The van der Waals surface area contributed by atoms with Gasteiger partial charge in [-0.25, -0.2) is 4.98 Å². The zero-order valence-corrected chi connectivity index (χ0v) is 12.9. The fourth-order valence-corrected chi connectivity index (χ4v) is 4.22. The Morgan fingerprint density at radius 2 is 2.21 bits per heavy atom. The molecule has 0 spiro atoms. The first kappa shape index (κ1) is 13.4. The fraction of sp³-hybridized carbons (Fsp3) is 0.800. The van der Waals surface area contributed by atoms with Gasteiger partial charge < -0.3 is 10.2 Å². The van der Waals surface area contributed by atoms with Crippen molar-refractivity contribution in [3.63, 3.8) is 0 Å². The number of nitrogens with zero attached hydrogens (tertiary/aromatic N) is 2. The molecule has 19 heavy (non-hydrogen) atoms. The van der Waals surface area contributed by atoms with E-state index in [1.54, 1.807) is 0 Å². The van der Waals surface area contributed by atoms with Gasteiger partial charge in [0.1, 0.15) is 0 Å². The van der Waals surface area contributed by atoms with E-state index < -0.39 is 0 Å². The van der Waals surface area contributed by atoms with Crippen molar-refractivity contribution in [1.82, 2.24) is 10.3 Å². The van der Waals surface area contributed by atoms with Crippen LogP contribution in [0.15, 0.2) is 0 Å². The molecule has 1 aromatic rings. The number of hydrogen-bond donors (Lipinski definition) is 1. The third kappa shape index (κ3) is 2.79. The molecule has 3 nitrogen and oxygen atoms in total. The standard InChI is InChI=1S/C15H25N3S/c1-3-4-10-18(11-8-9-11)15-17-14-12(16-2)6-5-7-13(14)19-15/h11-12,16H,3-10H2,1-2H3. The van der Waals surface area contributed by atoms with Crippen LogP contribution in [0.1, 0.15) is 62.1 Å². The molecule has 1 aromatic heterocycles. The molecule has 1 saturated carbocycles. The van der Waals surface area contributed by atoms with Crippen LogP contribution < -0.4 is 10.2 Å². The monoisotopic (exact) mass is 279 g/mol. The number of fused-ring (bicyclic) bond motifs is 1. The van der Waals surface area contributed by atoms with Gasteiger partial charge in [-0.1, -0.05) is 13.3 Å². The van der Waals surface area contributed by atoms with Gasteiger partial charge in [-0.2, -0.15) is 0 Å². The van der Waals surface area contributed by atoms with Crippen molar-refractivity contribution >= 4 is 16.5 Å². The number of nitrogens with one attached hydrogen (secondary N) is 1. The number of hydrogen-bond acceptors (Lipinski definition) is 4. The Kier molecular flexibility index (Phi) is 4.08. The van der Waals surface area contributed by atoms with E-state index in [9.17, 15) is 0 Å². The molecule has 0 saturated heterocycles. The first-order valence-electron chi connectivity index (χ1n) is 7.77. The lowest BCUT2D eigenvalue weighted by Crippen LogP contribution is -2.27. The lowest BCUT2D eigenvalue weighted by molar-refractivity contribution is 0.489. The largest absolute Gasteiger partial charge is 0.345 e. The molecule has 1 unspecified atom stereocenters. The SMILES string of the molecule is CCCCN(c1nc2c(s1)CCCC2NC)C1CC1. The molecule has 0 radical (unpaired) electrons. The molecule has 0 amide bonds. The molecule has 3 rings (SSSR count). The van der Waals surface area contributed by atoms with Crippen molar-refractivity contribution in [2.24, 2.45) is 0 Å². The quantitative estimate of drug-likeness (QED) is 0.863. The summed E-state index contributed by atoms with van der Waals surface area (Å²) in [5, 5.41) is 4.72. The minimum atomic E-state index is 0.487. The first-order valence-corrected chi connectivity index (χ1v) is 8.58. The maximum absolute atomic E-state index is 5.00. The van der Waals surface area contributed by atoms with E-state index in [-0.39, 0.29) is 0 Å². The second-order valence-electron chi connectivity index (χ2n) is 5.82. The summed E-state index contributed by atoms with van der Waals surface area (Å²) >= 11 is 1.96. The molecule has 0 aromatic carbocycles. The Hall–Kier alpha value is -0.610. The van der Waals surface area contributed by atoms with Crippen LogP contribution in [0.2, 0.25) is 0 Å². The van der Waals surface area contributed by atoms with Crippen LogP contribution in [0.5, 0.6) is 0 Å². The van der Waals surface area contributed by atoms with Crippen molar-refractivity contribution in [2.45, 2.75) is 64.0 Å². The molecule has 1 fully saturated rings. The molecule has 4 heteroatoms. The summed E-state index contributed by atoms with van der Waals surface area (Å²) < 4.78 is 0. The average molecular weight is 279 g/mol. The maximum atomic E-state index is 5.00. The summed E-state index contributed by atoms with van der Waals surface area (Å²) in [7, 11) is 2.06. The number of rotatable bonds is 6. The Morgan fingerprint density at radius 1 is 1.37 bits per heavy atom. The van der Waals surface area contributed by atoms with Gasteiger partial charge in [0, 0.05) is 17.5 Å². The minimum absolute atomic E-state index is 0.487. The summed E-state index contributed by atoms with van der Waals surface area (Å²) in [6, 6.07) is 1.27. The van der Waals surface area contributed by atoms with Gasteiger partial charge in [-0.05, 0) is 45.6 Å². The summed E-state index contributed by atoms with van der Waals surface area (Å²) in [5.41, 5.74) is 1.34. The molecule has 1 heterocycles. The summed E-state index contributed by atoms with van der Waals surface area (Å²) in [5.74, 6) is 0. The number of unbranched alkanes of at least 4 members (excludes halogenated alkanes) is 1. The molecule has 0 aliphatic heterocycles. The van der Waals surface area contributed by atoms with E-state index in [1.165, 1.54) is 67.2 Å². The van der Waals surface area contributed by atoms with Gasteiger partial charge in [-0.15, -0.1) is 11.3 Å². The van der Waals surface area contributed by atoms with Gasteiger partial charge in [-0.3, -0.25) is 0 Å². The molecule has 1 atom stereocenters.